The Hall–Kier alpha value is -14.9. The first-order valence-electron chi connectivity index (χ1n) is 37.5. The maximum absolute atomic E-state index is 14.7. The summed E-state index contributed by atoms with van der Waals surface area (Å²) in [5.41, 5.74) is -12.8. The van der Waals surface area contributed by atoms with Crippen LogP contribution in [0, 0.1) is 37.1 Å². The van der Waals surface area contributed by atoms with Crippen LogP contribution in [0.1, 0.15) is 36.6 Å². The second kappa shape index (κ2) is 43.9. The van der Waals surface area contributed by atoms with Crippen molar-refractivity contribution in [1.29, 1.82) is 0 Å². The topological polar surface area (TPSA) is 381 Å². The molecule has 12 rings (SSSR count). The molecule has 0 amide bonds. The molecule has 48 heteroatoms. The predicted molar refractivity (Wildman–Crippen MR) is 449 cm³/mol. The fraction of sp³-hybridized carbons (Fsp3) is 0.214. The molecule has 0 radical (unpaired) electrons. The standard InChI is InChI=1S/C22H20ClFN2O6.C21H16ClF4N3O6.C21H18ClFN2O6.C20H14ClF4N3O6/c1-4-30-21(28)12-31-17-7-5-6-8-18(17)32-19-11-16(15(24)10-14(19)23)26-20(27)9-13(2)25(3)22(26)29;1-3-33-18(31)10-34-19-14(5-4-6-27-19)35-15-8-13(12(23)7-11(15)22)29-17(30)9-16(21(24,25)26)28(2)20(29)32;1-12-8-19(26)25(21(28)24(12)2)15-10-18(13(22)9-14(15)23)31-17-7-5-4-6-16(17)30-11-20(27)29-3;1-27-15(20(23,24)25)8-16(29)28(19(27)31)12-7-14(10(21)6-11(12)22)34-13-4-3-5-26-18(13)33-9-17(30)32-2/h5-11H,4,12H2,1-3H3;4-9H,3,10H2,1-2H3;4-10H,11H2,1-3H3;3-8H,9H2,1-2H3. The second-order valence-electron chi connectivity index (χ2n) is 26.5. The number of benzene rings is 6. The number of hydrogen-bond acceptors (Lipinski definition) is 26. The van der Waals surface area contributed by atoms with E-state index in [1.807, 2.05) is 0 Å². The maximum Gasteiger partial charge on any atom is 0.431 e. The molecule has 0 aliphatic rings. The zero-order valence-electron chi connectivity index (χ0n) is 69.8. The third-order valence-corrected chi connectivity index (χ3v) is 19.0. The summed E-state index contributed by atoms with van der Waals surface area (Å²) >= 11 is 24.3. The fourth-order valence-electron chi connectivity index (χ4n) is 11.2. The highest BCUT2D eigenvalue weighted by atomic mass is 35.5. The van der Waals surface area contributed by atoms with Gasteiger partial charge in [0.15, 0.2) is 60.9 Å². The van der Waals surface area contributed by atoms with Gasteiger partial charge in [-0.05, 0) is 100 Å². The monoisotopic (exact) mass is 1930 g/mol. The van der Waals surface area contributed by atoms with Gasteiger partial charge in [0.25, 0.3) is 34.0 Å². The number of aryl methyl sites for hydroxylation is 2. The molecule has 0 fully saturated rings. The van der Waals surface area contributed by atoms with Crippen LogP contribution in [0.4, 0.5) is 43.9 Å². The normalized spacial score (nSPS) is 11.0. The highest BCUT2D eigenvalue weighted by Crippen LogP contribution is 2.42. The number of carbonyl (C=O) groups is 4. The number of nitrogens with zero attached hydrogens (tertiary/aromatic N) is 10. The summed E-state index contributed by atoms with van der Waals surface area (Å²) in [6.45, 7) is 5.10. The minimum Gasteiger partial charge on any atom is -0.478 e. The summed E-state index contributed by atoms with van der Waals surface area (Å²) in [4.78, 5) is 153. The van der Waals surface area contributed by atoms with Crippen LogP contribution in [0.25, 0.3) is 22.7 Å². The Balaban J connectivity index is 0.000000198. The van der Waals surface area contributed by atoms with Gasteiger partial charge in [-0.1, -0.05) is 70.7 Å². The summed E-state index contributed by atoms with van der Waals surface area (Å²) in [6.07, 6.45) is -7.32. The molecule has 132 heavy (non-hydrogen) atoms. The Morgan fingerprint density at radius 3 is 0.894 bits per heavy atom. The number of carbonyl (C=O) groups excluding carboxylic acids is 4. The fourth-order valence-corrected chi connectivity index (χ4v) is 11.9. The average Bonchev–Trinajstić information content (AvgIpc) is 0.757. The Morgan fingerprint density at radius 2 is 0.598 bits per heavy atom. The third-order valence-electron chi connectivity index (χ3n) is 17.8. The molecule has 696 valence electrons. The lowest BCUT2D eigenvalue weighted by Gasteiger charge is -2.16. The van der Waals surface area contributed by atoms with Crippen molar-refractivity contribution < 1.29 is 120 Å². The van der Waals surface area contributed by atoms with E-state index in [0.717, 1.165) is 57.6 Å². The average molecular weight is 1930 g/mol. The van der Waals surface area contributed by atoms with Crippen molar-refractivity contribution in [3.8, 4) is 92.0 Å². The third kappa shape index (κ3) is 24.5. The number of halogens is 14. The summed E-state index contributed by atoms with van der Waals surface area (Å²) < 4.78 is 204. The van der Waals surface area contributed by atoms with Gasteiger partial charge in [-0.3, -0.25) is 28.3 Å². The van der Waals surface area contributed by atoms with Crippen molar-refractivity contribution in [3.63, 3.8) is 0 Å². The Kier molecular flexibility index (Phi) is 33.6. The van der Waals surface area contributed by atoms with Crippen LogP contribution < -0.4 is 82.9 Å². The van der Waals surface area contributed by atoms with Crippen molar-refractivity contribution in [3.05, 3.63) is 307 Å². The zero-order valence-corrected chi connectivity index (χ0v) is 72.8. The lowest BCUT2D eigenvalue weighted by Crippen LogP contribution is -2.41. The minimum absolute atomic E-state index is 0.0234. The molecule has 0 atom stereocenters. The number of alkyl halides is 6. The number of para-hydroxylation sites is 4. The van der Waals surface area contributed by atoms with Crippen LogP contribution in [0.15, 0.2) is 196 Å². The van der Waals surface area contributed by atoms with E-state index in [4.69, 9.17) is 93.8 Å². The van der Waals surface area contributed by atoms with Crippen molar-refractivity contribution in [2.24, 2.45) is 28.2 Å². The van der Waals surface area contributed by atoms with Gasteiger partial charge in [-0.25, -0.2) is 84.2 Å². The zero-order chi connectivity index (χ0) is 97.2. The van der Waals surface area contributed by atoms with Crippen LogP contribution in [0.2, 0.25) is 20.1 Å². The molecule has 6 heterocycles. The van der Waals surface area contributed by atoms with Gasteiger partial charge in [0, 0.05) is 101 Å². The summed E-state index contributed by atoms with van der Waals surface area (Å²) in [6, 6.07) is 28.5. The first-order chi connectivity index (χ1) is 62.3. The molecule has 0 aliphatic heterocycles. The molecule has 6 aromatic heterocycles. The van der Waals surface area contributed by atoms with Crippen molar-refractivity contribution in [1.82, 2.24) is 46.5 Å². The number of hydrogen-bond donors (Lipinski definition) is 0. The molecule has 34 nitrogen and oxygen atoms in total. The van der Waals surface area contributed by atoms with Crippen LogP contribution in [0.5, 0.6) is 69.3 Å². The quantitative estimate of drug-likeness (QED) is 0.0276. The summed E-state index contributed by atoms with van der Waals surface area (Å²) in [7, 11) is 6.88. The van der Waals surface area contributed by atoms with Gasteiger partial charge in [-0.15, -0.1) is 0 Å². The first kappa shape index (κ1) is 101. The first-order valence-corrected chi connectivity index (χ1v) is 39.0. The van der Waals surface area contributed by atoms with Gasteiger partial charge in [0.05, 0.1) is 70.3 Å². The van der Waals surface area contributed by atoms with Crippen LogP contribution in [0.3, 0.4) is 0 Å². The predicted octanol–water partition coefficient (Wildman–Crippen LogP) is 12.9. The highest BCUT2D eigenvalue weighted by molar-refractivity contribution is 6.33. The van der Waals surface area contributed by atoms with E-state index in [0.29, 0.717) is 32.7 Å². The van der Waals surface area contributed by atoms with Gasteiger partial charge in [0.1, 0.15) is 57.7 Å². The Morgan fingerprint density at radius 1 is 0.341 bits per heavy atom. The molecule has 0 aliphatic carbocycles. The van der Waals surface area contributed by atoms with Crippen molar-refractivity contribution in [2.45, 2.75) is 40.0 Å². The van der Waals surface area contributed by atoms with Gasteiger partial charge in [0.2, 0.25) is 0 Å². The van der Waals surface area contributed by atoms with E-state index >= 15 is 0 Å². The van der Waals surface area contributed by atoms with Gasteiger partial charge < -0.3 is 66.0 Å². The number of esters is 4. The van der Waals surface area contributed by atoms with Crippen molar-refractivity contribution >= 4 is 70.3 Å². The molecule has 0 spiro atoms. The van der Waals surface area contributed by atoms with E-state index in [1.54, 1.807) is 76.2 Å². The molecular weight excluding hydrogens is 1860 g/mol. The number of methoxy groups -OCH3 is 2. The summed E-state index contributed by atoms with van der Waals surface area (Å²) in [5.74, 6) is -6.99. The maximum atomic E-state index is 14.7. The number of pyridine rings is 2. The molecule has 0 N–H and O–H groups in total. The molecular formula is C84H68Cl4F10N10O24. The summed E-state index contributed by atoms with van der Waals surface area (Å²) in [5, 5.41) is -0.798. The molecule has 0 unspecified atom stereocenters. The number of aromatic nitrogens is 10. The lowest BCUT2D eigenvalue weighted by molar-refractivity contribution is -0.146. The second-order valence-corrected chi connectivity index (χ2v) is 28.1. The molecule has 0 saturated heterocycles. The van der Waals surface area contributed by atoms with E-state index in [2.05, 4.69) is 19.4 Å². The minimum atomic E-state index is -4.99. The largest absolute Gasteiger partial charge is 0.478 e. The number of ether oxygens (including phenoxy) is 12. The van der Waals surface area contributed by atoms with Crippen LogP contribution in [-0.4, -0.2) is 124 Å². The van der Waals surface area contributed by atoms with Crippen LogP contribution >= 0.6 is 46.4 Å². The van der Waals surface area contributed by atoms with E-state index in [1.165, 1.54) is 79.1 Å². The van der Waals surface area contributed by atoms with Gasteiger partial charge >= 0.3 is 59.0 Å². The Bertz CT molecular complexity index is 6940. The van der Waals surface area contributed by atoms with Crippen LogP contribution in [-0.2, 0) is 78.7 Å². The molecule has 0 bridgehead atoms. The smallest absolute Gasteiger partial charge is 0.431 e. The number of rotatable bonds is 26. The van der Waals surface area contributed by atoms with Gasteiger partial charge in [-0.2, -0.15) is 26.3 Å². The van der Waals surface area contributed by atoms with E-state index in [-0.39, 0.29) is 158 Å². The highest BCUT2D eigenvalue weighted by Gasteiger charge is 2.37. The van der Waals surface area contributed by atoms with Crippen molar-refractivity contribution in [2.75, 3.05) is 53.9 Å². The van der Waals surface area contributed by atoms with E-state index in [9.17, 15) is 101 Å². The SMILES string of the molecule is CCOC(=O)COc1ccccc1Oc1cc(-n2c(=O)cc(C)n(C)c2=O)c(F)cc1Cl.CCOC(=O)COc1ncccc1Oc1cc(-n2c(=O)cc(C(F)(F)F)n(C)c2=O)c(F)cc1Cl.COC(=O)COc1ccccc1Oc1cc(-n2c(=O)cc(C)n(C)c2=O)c(F)cc1Cl.COC(=O)COc1ncccc1Oc1cc(-n2c(=O)cc(C(F)(F)F)n(C)c2=O)c(F)cc1Cl. The Labute approximate surface area is 754 Å². The van der Waals surface area contributed by atoms with E-state index < -0.39 is 140 Å². The lowest BCUT2D eigenvalue weighted by atomic mass is 10.2. The molecule has 6 aromatic carbocycles. The molecule has 0 saturated carbocycles. The molecule has 12 aromatic rings.